The first-order valence-electron chi connectivity index (χ1n) is 1.98. The summed E-state index contributed by atoms with van der Waals surface area (Å²) in [6.45, 7) is 3.51. The summed E-state index contributed by atoms with van der Waals surface area (Å²) in [7, 11) is 1.27. The van der Waals surface area contributed by atoms with Crippen molar-refractivity contribution >= 4 is 16.3 Å². The van der Waals surface area contributed by atoms with Crippen molar-refractivity contribution in [1.29, 1.82) is 5.41 Å². The molecule has 7 heavy (non-hydrogen) atoms. The zero-order valence-corrected chi connectivity index (χ0v) is 6.40. The largest absolute Gasteiger partial charge is 0.231 e. The molecule has 40 valence electrons. The lowest BCUT2D eigenvalue weighted by atomic mass is 10.8. The molecule has 0 aromatic carbocycles. The Morgan fingerprint density at radius 3 is 2.14 bits per heavy atom. The van der Waals surface area contributed by atoms with E-state index in [-0.39, 0.29) is 0 Å². The molecule has 0 spiro atoms. The van der Waals surface area contributed by atoms with Gasteiger partial charge in [-0.25, -0.2) is 10.2 Å². The molecule has 0 atom stereocenters. The van der Waals surface area contributed by atoms with E-state index in [9.17, 15) is 0 Å². The minimum Gasteiger partial charge on any atom is -0.222 e. The third kappa shape index (κ3) is 524. The molecule has 0 aliphatic heterocycles. The van der Waals surface area contributed by atoms with Gasteiger partial charge in [0.25, 0.3) is 0 Å². The Balaban J connectivity index is 0. The van der Waals surface area contributed by atoms with Gasteiger partial charge < -0.3 is 0 Å². The highest BCUT2D eigenvalue weighted by atomic mass is 28.1. The molecule has 0 bridgehead atoms. The Labute approximate surface area is 46.2 Å². The van der Waals surface area contributed by atoms with E-state index in [1.807, 2.05) is 6.08 Å². The predicted molar refractivity (Wildman–Crippen MR) is 33.4 cm³/mol. The zero-order valence-electron chi connectivity index (χ0n) is 4.40. The highest BCUT2D eigenvalue weighted by Gasteiger charge is 1.46. The van der Waals surface area contributed by atoms with Gasteiger partial charge >= 0.3 is 0 Å². The normalized spacial score (nSPS) is 5.14. The molecule has 0 aliphatic carbocycles. The van der Waals surface area contributed by atoms with E-state index in [0.29, 0.717) is 0 Å². The lowest BCUT2D eigenvalue weighted by Gasteiger charge is -1.57. The molecule has 3 heteroatoms. The quantitative estimate of drug-likeness (QED) is 0.220. The molecule has 0 radical (unpaired) electrons. The highest BCUT2D eigenvalue weighted by molar-refractivity contribution is 6.09. The molecule has 0 aromatic heterocycles. The summed E-state index contributed by atoms with van der Waals surface area (Å²) < 4.78 is 0. The Bertz CT molecular complexity index is 66.1. The molecule has 0 saturated heterocycles. The van der Waals surface area contributed by atoms with Crippen LogP contribution in [0.15, 0.2) is 12.7 Å². The first kappa shape index (κ1) is 9.60. The van der Waals surface area contributed by atoms with Crippen LogP contribution < -0.4 is 0 Å². The van der Waals surface area contributed by atoms with Gasteiger partial charge in [-0.1, -0.05) is 6.08 Å². The van der Waals surface area contributed by atoms with Crippen LogP contribution in [0.4, 0.5) is 0 Å². The summed E-state index contributed by atoms with van der Waals surface area (Å²) in [5.74, 6) is 0. The van der Waals surface area contributed by atoms with Crippen molar-refractivity contribution < 1.29 is 4.79 Å². The molecule has 1 N–H and O–H groups in total. The van der Waals surface area contributed by atoms with Crippen LogP contribution in [-0.2, 0) is 4.79 Å². The minimum atomic E-state index is 0.750. The summed E-state index contributed by atoms with van der Waals surface area (Å²) in [6.07, 6.45) is 2.69. The molecular formula is C4H9NOSi. The van der Waals surface area contributed by atoms with Crippen molar-refractivity contribution in [2.24, 2.45) is 0 Å². The monoisotopic (exact) mass is 115 g/mol. The number of isocyanates is 1. The molecule has 0 heterocycles. The zero-order chi connectivity index (χ0) is 6.12. The maximum atomic E-state index is 8.35. The highest BCUT2D eigenvalue weighted by Crippen LogP contribution is 1.61. The van der Waals surface area contributed by atoms with Gasteiger partial charge in [0.1, 0.15) is 0 Å². The predicted octanol–water partition coefficient (Wildman–Crippen LogP) is -0.143. The SMILES string of the molecule is C=CC[SiH3].N=C=O. The van der Waals surface area contributed by atoms with E-state index in [0.717, 1.165) is 6.08 Å². The number of carbonyl (C=O) groups excluding carboxylic acids is 1. The van der Waals surface area contributed by atoms with E-state index >= 15 is 0 Å². The van der Waals surface area contributed by atoms with Crippen LogP contribution in [-0.4, -0.2) is 16.3 Å². The Kier molecular flexibility index (Phi) is 25.2. The minimum absolute atomic E-state index is 0.750. The van der Waals surface area contributed by atoms with Crippen LogP contribution in [0.2, 0.25) is 6.04 Å². The molecule has 0 fully saturated rings. The molecule has 0 aliphatic rings. The summed E-state index contributed by atoms with van der Waals surface area (Å²) in [5, 5.41) is 5.40. The standard InChI is InChI=1S/C3H8Si.CHNO/c1-2-3-4;2-1-3/h2H,1,3H2,4H3;2H. The van der Waals surface area contributed by atoms with Crippen LogP contribution in [0.3, 0.4) is 0 Å². The van der Waals surface area contributed by atoms with Gasteiger partial charge in [0.15, 0.2) is 0 Å². The third-order valence-corrected chi connectivity index (χ3v) is 0.866. The molecule has 0 unspecified atom stereocenters. The summed E-state index contributed by atoms with van der Waals surface area (Å²) in [6, 6.07) is 1.22. The molecule has 0 aromatic rings. The van der Waals surface area contributed by atoms with Gasteiger partial charge in [-0.2, -0.15) is 0 Å². The molecule has 0 amide bonds. The van der Waals surface area contributed by atoms with Crippen LogP contribution in [0.25, 0.3) is 0 Å². The van der Waals surface area contributed by atoms with E-state index in [1.165, 1.54) is 16.3 Å². The first-order chi connectivity index (χ1) is 3.33. The van der Waals surface area contributed by atoms with E-state index < -0.39 is 0 Å². The van der Waals surface area contributed by atoms with Crippen molar-refractivity contribution in [3.05, 3.63) is 12.7 Å². The lowest BCUT2D eigenvalue weighted by Crippen LogP contribution is -1.47. The molecular weight excluding hydrogens is 106 g/mol. The van der Waals surface area contributed by atoms with E-state index in [1.54, 1.807) is 0 Å². The van der Waals surface area contributed by atoms with Crippen molar-refractivity contribution in [3.8, 4) is 0 Å². The number of rotatable bonds is 1. The lowest BCUT2D eigenvalue weighted by molar-refractivity contribution is 0.563. The second kappa shape index (κ2) is 18.4. The second-order valence-corrected chi connectivity index (χ2v) is 1.62. The summed E-state index contributed by atoms with van der Waals surface area (Å²) in [5.41, 5.74) is 0. The summed E-state index contributed by atoms with van der Waals surface area (Å²) >= 11 is 0. The smallest absolute Gasteiger partial charge is 0.222 e. The fraction of sp³-hybridized carbons (Fsp3) is 0.250. The maximum absolute atomic E-state index is 8.35. The Morgan fingerprint density at radius 1 is 2.00 bits per heavy atom. The molecule has 0 saturated carbocycles. The second-order valence-electron chi connectivity index (χ2n) is 0.799. The number of allylic oxidation sites excluding steroid dienone is 1. The van der Waals surface area contributed by atoms with Crippen molar-refractivity contribution in [2.45, 2.75) is 6.04 Å². The maximum Gasteiger partial charge on any atom is 0.231 e. The van der Waals surface area contributed by atoms with Gasteiger partial charge in [0.05, 0.1) is 0 Å². The van der Waals surface area contributed by atoms with Gasteiger partial charge in [0, 0.05) is 10.2 Å². The summed E-state index contributed by atoms with van der Waals surface area (Å²) in [4.78, 5) is 8.35. The average molecular weight is 115 g/mol. The van der Waals surface area contributed by atoms with Gasteiger partial charge in [-0.3, -0.25) is 0 Å². The van der Waals surface area contributed by atoms with Crippen molar-refractivity contribution in [1.82, 2.24) is 0 Å². The fourth-order valence-electron chi connectivity index (χ4n) is 0. The number of nitrogens with one attached hydrogen (secondary N) is 1. The van der Waals surface area contributed by atoms with Crippen LogP contribution in [0, 0.1) is 5.41 Å². The van der Waals surface area contributed by atoms with E-state index in [4.69, 9.17) is 10.2 Å². The van der Waals surface area contributed by atoms with Crippen LogP contribution in [0.1, 0.15) is 0 Å². The van der Waals surface area contributed by atoms with Crippen molar-refractivity contribution in [3.63, 3.8) is 0 Å². The van der Waals surface area contributed by atoms with Crippen LogP contribution >= 0.6 is 0 Å². The van der Waals surface area contributed by atoms with Gasteiger partial charge in [-0.15, -0.1) is 6.58 Å². The number of hydrogen-bond acceptors (Lipinski definition) is 2. The fourth-order valence-corrected chi connectivity index (χ4v) is 0. The third-order valence-electron chi connectivity index (χ3n) is 0.289. The van der Waals surface area contributed by atoms with Gasteiger partial charge in [-0.05, 0) is 6.04 Å². The Morgan fingerprint density at radius 2 is 2.14 bits per heavy atom. The Hall–Kier alpha value is -0.663. The molecule has 2 nitrogen and oxygen atoms in total. The topological polar surface area (TPSA) is 40.9 Å². The number of hydrogen-bond donors (Lipinski definition) is 1. The van der Waals surface area contributed by atoms with Crippen molar-refractivity contribution in [2.75, 3.05) is 0 Å². The first-order valence-corrected chi connectivity index (χ1v) is 3.39. The van der Waals surface area contributed by atoms with Gasteiger partial charge in [0.2, 0.25) is 6.08 Å². The average Bonchev–Trinajstić information content (AvgIpc) is 1.69. The van der Waals surface area contributed by atoms with Crippen LogP contribution in [0.5, 0.6) is 0 Å². The molecule has 0 rings (SSSR count). The van der Waals surface area contributed by atoms with E-state index in [2.05, 4.69) is 6.58 Å².